The molecule has 0 amide bonds. The van der Waals surface area contributed by atoms with Gasteiger partial charge in [0.2, 0.25) is 0 Å². The van der Waals surface area contributed by atoms with Crippen LogP contribution < -0.4 is 5.73 Å². The molecule has 4 aliphatic carbocycles. The summed E-state index contributed by atoms with van der Waals surface area (Å²) in [6, 6.07) is 0.617. The summed E-state index contributed by atoms with van der Waals surface area (Å²) >= 11 is 0. The van der Waals surface area contributed by atoms with Crippen LogP contribution in [0.2, 0.25) is 0 Å². The van der Waals surface area contributed by atoms with Crippen molar-refractivity contribution in [3.63, 3.8) is 0 Å². The van der Waals surface area contributed by atoms with Crippen molar-refractivity contribution in [1.82, 2.24) is 9.78 Å². The standard InChI is InChI=1S/C16H25N3O/c17-7-15(20)6-12-8-18-19(9-12)16-13-2-10-1-11(4-13)5-14(16)3-10/h8-11,13-16,20H,1-7,17H2. The average molecular weight is 275 g/mol. The van der Waals surface area contributed by atoms with Crippen molar-refractivity contribution in [3.8, 4) is 0 Å². The molecule has 4 aliphatic rings. The van der Waals surface area contributed by atoms with Gasteiger partial charge in [-0.3, -0.25) is 4.68 Å². The predicted molar refractivity (Wildman–Crippen MR) is 77.1 cm³/mol. The van der Waals surface area contributed by atoms with E-state index in [-0.39, 0.29) is 0 Å². The van der Waals surface area contributed by atoms with Crippen LogP contribution in [0, 0.1) is 23.7 Å². The third kappa shape index (κ3) is 2.09. The normalized spacial score (nSPS) is 40.2. The summed E-state index contributed by atoms with van der Waals surface area (Å²) in [5, 5.41) is 14.3. The van der Waals surface area contributed by atoms with Gasteiger partial charge in [-0.25, -0.2) is 0 Å². The molecule has 0 spiro atoms. The molecule has 4 fully saturated rings. The van der Waals surface area contributed by atoms with E-state index in [2.05, 4.69) is 16.0 Å². The van der Waals surface area contributed by atoms with Crippen LogP contribution in [-0.4, -0.2) is 27.5 Å². The predicted octanol–water partition coefficient (Wildman–Crippen LogP) is 1.74. The Balaban J connectivity index is 1.53. The van der Waals surface area contributed by atoms with Crippen molar-refractivity contribution in [3.05, 3.63) is 18.0 Å². The Bertz CT molecular complexity index is 456. The highest BCUT2D eigenvalue weighted by atomic mass is 16.3. The molecule has 3 N–H and O–H groups in total. The van der Waals surface area contributed by atoms with Gasteiger partial charge >= 0.3 is 0 Å². The third-order valence-electron chi connectivity index (χ3n) is 5.88. The van der Waals surface area contributed by atoms with Crippen molar-refractivity contribution in [1.29, 1.82) is 0 Å². The zero-order chi connectivity index (χ0) is 13.7. The molecule has 4 saturated carbocycles. The van der Waals surface area contributed by atoms with Gasteiger partial charge in [0.1, 0.15) is 0 Å². The Kier molecular flexibility index (Phi) is 3.11. The van der Waals surface area contributed by atoms with Gasteiger partial charge in [-0.15, -0.1) is 0 Å². The van der Waals surface area contributed by atoms with Crippen LogP contribution in [0.15, 0.2) is 12.4 Å². The minimum atomic E-state index is -0.439. The Labute approximate surface area is 120 Å². The highest BCUT2D eigenvalue weighted by Crippen LogP contribution is 2.58. The van der Waals surface area contributed by atoms with Gasteiger partial charge in [-0.1, -0.05) is 0 Å². The summed E-state index contributed by atoms with van der Waals surface area (Å²) in [7, 11) is 0. The lowest BCUT2D eigenvalue weighted by Gasteiger charge is -2.54. The van der Waals surface area contributed by atoms with Crippen molar-refractivity contribution >= 4 is 0 Å². The Morgan fingerprint density at radius 2 is 1.85 bits per heavy atom. The van der Waals surface area contributed by atoms with Crippen LogP contribution in [0.1, 0.15) is 43.7 Å². The number of nitrogens with two attached hydrogens (primary N) is 1. The lowest BCUT2D eigenvalue weighted by atomic mass is 9.54. The van der Waals surface area contributed by atoms with Crippen molar-refractivity contribution in [2.45, 2.75) is 50.7 Å². The summed E-state index contributed by atoms with van der Waals surface area (Å²) in [6.07, 6.45) is 11.4. The Hall–Kier alpha value is -0.870. The van der Waals surface area contributed by atoms with E-state index in [1.165, 1.54) is 32.1 Å². The van der Waals surface area contributed by atoms with Crippen LogP contribution in [-0.2, 0) is 6.42 Å². The van der Waals surface area contributed by atoms with E-state index in [9.17, 15) is 5.11 Å². The molecule has 20 heavy (non-hydrogen) atoms. The maximum atomic E-state index is 9.67. The second-order valence-corrected chi connectivity index (χ2v) is 7.34. The molecular weight excluding hydrogens is 250 g/mol. The van der Waals surface area contributed by atoms with Crippen LogP contribution in [0.3, 0.4) is 0 Å². The van der Waals surface area contributed by atoms with Crippen LogP contribution >= 0.6 is 0 Å². The first kappa shape index (κ1) is 12.8. The first-order chi connectivity index (χ1) is 9.72. The second kappa shape index (κ2) is 4.85. The SMILES string of the molecule is NCC(O)Cc1cnn(C2C3CC4CC(C3)CC2C4)c1. The molecule has 5 rings (SSSR count). The smallest absolute Gasteiger partial charge is 0.0703 e. The topological polar surface area (TPSA) is 64.1 Å². The van der Waals surface area contributed by atoms with E-state index in [4.69, 9.17) is 5.73 Å². The molecule has 0 radical (unpaired) electrons. The quantitative estimate of drug-likeness (QED) is 0.880. The zero-order valence-electron chi connectivity index (χ0n) is 12.0. The van der Waals surface area contributed by atoms with Gasteiger partial charge in [0, 0.05) is 19.2 Å². The van der Waals surface area contributed by atoms with Crippen LogP contribution in [0.25, 0.3) is 0 Å². The number of nitrogens with zero attached hydrogens (tertiary/aromatic N) is 2. The molecule has 4 nitrogen and oxygen atoms in total. The summed E-state index contributed by atoms with van der Waals surface area (Å²) in [5.41, 5.74) is 6.61. The van der Waals surface area contributed by atoms with Gasteiger partial charge in [0.15, 0.2) is 0 Å². The first-order valence-electron chi connectivity index (χ1n) is 8.14. The fourth-order valence-corrected chi connectivity index (χ4v) is 5.33. The molecular formula is C16H25N3O. The minimum Gasteiger partial charge on any atom is -0.391 e. The molecule has 4 bridgehead atoms. The largest absolute Gasteiger partial charge is 0.391 e. The van der Waals surface area contributed by atoms with Crippen LogP contribution in [0.4, 0.5) is 0 Å². The highest BCUT2D eigenvalue weighted by Gasteiger charge is 2.49. The summed E-state index contributed by atoms with van der Waals surface area (Å²) in [6.45, 7) is 0.323. The van der Waals surface area contributed by atoms with Gasteiger partial charge in [-0.2, -0.15) is 5.10 Å². The first-order valence-corrected chi connectivity index (χ1v) is 8.14. The molecule has 1 aromatic heterocycles. The summed E-state index contributed by atoms with van der Waals surface area (Å²) < 4.78 is 2.21. The second-order valence-electron chi connectivity index (χ2n) is 7.34. The number of hydrogen-bond donors (Lipinski definition) is 2. The number of aromatic nitrogens is 2. The number of aliphatic hydroxyl groups excluding tert-OH is 1. The van der Waals surface area contributed by atoms with E-state index >= 15 is 0 Å². The van der Waals surface area contributed by atoms with Crippen molar-refractivity contribution in [2.75, 3.05) is 6.54 Å². The van der Waals surface area contributed by atoms with E-state index in [1.54, 1.807) is 0 Å². The fraction of sp³-hybridized carbons (Fsp3) is 0.812. The summed E-state index contributed by atoms with van der Waals surface area (Å²) in [5.74, 6) is 3.70. The molecule has 110 valence electrons. The van der Waals surface area contributed by atoms with Gasteiger partial charge < -0.3 is 10.8 Å². The molecule has 4 heteroatoms. The summed E-state index contributed by atoms with van der Waals surface area (Å²) in [4.78, 5) is 0. The van der Waals surface area contributed by atoms with Gasteiger partial charge in [0.25, 0.3) is 0 Å². The maximum Gasteiger partial charge on any atom is 0.0703 e. The molecule has 0 aliphatic heterocycles. The monoisotopic (exact) mass is 275 g/mol. The molecule has 1 atom stereocenters. The molecule has 1 aromatic rings. The van der Waals surface area contributed by atoms with Crippen molar-refractivity contribution in [2.24, 2.45) is 29.4 Å². The van der Waals surface area contributed by atoms with E-state index in [0.29, 0.717) is 19.0 Å². The van der Waals surface area contributed by atoms with E-state index in [0.717, 1.165) is 29.2 Å². The van der Waals surface area contributed by atoms with Crippen molar-refractivity contribution < 1.29 is 5.11 Å². The minimum absolute atomic E-state index is 0.323. The fourth-order valence-electron chi connectivity index (χ4n) is 5.33. The number of rotatable bonds is 4. The third-order valence-corrected chi connectivity index (χ3v) is 5.88. The number of aliphatic hydroxyl groups is 1. The Morgan fingerprint density at radius 1 is 1.20 bits per heavy atom. The van der Waals surface area contributed by atoms with E-state index in [1.807, 2.05) is 6.20 Å². The molecule has 0 aromatic carbocycles. The molecule has 0 saturated heterocycles. The van der Waals surface area contributed by atoms with Gasteiger partial charge in [-0.05, 0) is 61.3 Å². The lowest BCUT2D eigenvalue weighted by molar-refractivity contribution is -0.0336. The lowest BCUT2D eigenvalue weighted by Crippen LogP contribution is -2.46. The average Bonchev–Trinajstić information content (AvgIpc) is 2.85. The maximum absolute atomic E-state index is 9.67. The molecule has 1 unspecified atom stereocenters. The Morgan fingerprint density at radius 3 is 2.45 bits per heavy atom. The van der Waals surface area contributed by atoms with E-state index < -0.39 is 6.10 Å². The van der Waals surface area contributed by atoms with Crippen LogP contribution in [0.5, 0.6) is 0 Å². The molecule has 1 heterocycles. The zero-order valence-corrected chi connectivity index (χ0v) is 12.0. The van der Waals surface area contributed by atoms with Gasteiger partial charge in [0.05, 0.1) is 18.3 Å². The highest BCUT2D eigenvalue weighted by molar-refractivity contribution is 5.09. The number of hydrogen-bond acceptors (Lipinski definition) is 3.